The molecule has 0 aromatic heterocycles. The summed E-state index contributed by atoms with van der Waals surface area (Å²) in [6.45, 7) is 8.81. The molecule has 0 radical (unpaired) electrons. The minimum absolute atomic E-state index is 0.206. The van der Waals surface area contributed by atoms with Crippen LogP contribution in [-0.4, -0.2) is 0 Å². The number of hydrogen-bond donors (Lipinski definition) is 0. The van der Waals surface area contributed by atoms with Gasteiger partial charge in [-0.05, 0) is 161 Å². The smallest absolute Gasteiger partial charge is 0.0470 e. The summed E-state index contributed by atoms with van der Waals surface area (Å²) in [5.41, 5.74) is 20.2. The molecule has 4 aliphatic carbocycles. The Morgan fingerprint density at radius 2 is 1.37 bits per heavy atom. The van der Waals surface area contributed by atoms with Gasteiger partial charge < -0.3 is 4.90 Å². The van der Waals surface area contributed by atoms with Crippen LogP contribution in [0.25, 0.3) is 33.4 Å². The van der Waals surface area contributed by atoms with E-state index in [-0.39, 0.29) is 5.92 Å². The summed E-state index contributed by atoms with van der Waals surface area (Å²) in [6.07, 6.45) is 50.0. The second kappa shape index (κ2) is 24.8. The Morgan fingerprint density at radius 3 is 2.07 bits per heavy atom. The summed E-state index contributed by atoms with van der Waals surface area (Å²) in [5.74, 6) is 1.23. The number of anilines is 2. The molecule has 1 heteroatoms. The number of hydrogen-bond acceptors (Lipinski definition) is 1. The number of rotatable bonds is 18. The summed E-state index contributed by atoms with van der Waals surface area (Å²) in [5, 5.41) is 0. The van der Waals surface area contributed by atoms with E-state index in [2.05, 4.69) is 280 Å². The quantitative estimate of drug-likeness (QED) is 0.0613. The maximum absolute atomic E-state index is 4.26. The molecule has 4 aliphatic rings. The highest BCUT2D eigenvalue weighted by Crippen LogP contribution is 2.42. The van der Waals surface area contributed by atoms with E-state index in [4.69, 9.17) is 0 Å². The Labute approximate surface area is 448 Å². The number of benzene rings is 6. The molecule has 0 aliphatic heterocycles. The molecule has 0 heterocycles. The summed E-state index contributed by atoms with van der Waals surface area (Å²) in [4.78, 5) is 2.49. The average molecular weight is 974 g/mol. The van der Waals surface area contributed by atoms with Gasteiger partial charge in [0.1, 0.15) is 0 Å². The van der Waals surface area contributed by atoms with Gasteiger partial charge in [-0.25, -0.2) is 0 Å². The lowest BCUT2D eigenvalue weighted by atomic mass is 9.76. The molecule has 0 spiro atoms. The van der Waals surface area contributed by atoms with Gasteiger partial charge in [-0.1, -0.05) is 250 Å². The lowest BCUT2D eigenvalue weighted by Gasteiger charge is -2.31. The fraction of sp³-hybridized carbons (Fsp3) is 0.189. The molecule has 6 aromatic carbocycles. The Morgan fingerprint density at radius 1 is 0.613 bits per heavy atom. The highest BCUT2D eigenvalue weighted by molar-refractivity contribution is 5.80. The molecule has 4 unspecified atom stereocenters. The zero-order chi connectivity index (χ0) is 51.2. The second-order valence-corrected chi connectivity index (χ2v) is 20.5. The minimum Gasteiger partial charge on any atom is -0.311 e. The molecule has 372 valence electrons. The molecule has 6 aromatic rings. The fourth-order valence-electron chi connectivity index (χ4n) is 11.2. The van der Waals surface area contributed by atoms with Crippen molar-refractivity contribution in [3.05, 3.63) is 312 Å². The number of allylic oxidation sites excluding steroid dienone is 22. The van der Waals surface area contributed by atoms with Gasteiger partial charge in [0.2, 0.25) is 0 Å². The molecule has 4 atom stereocenters. The van der Waals surface area contributed by atoms with Gasteiger partial charge in [0, 0.05) is 34.8 Å². The normalized spacial score (nSPS) is 18.9. The van der Waals surface area contributed by atoms with Crippen molar-refractivity contribution in [2.45, 2.75) is 83.0 Å². The van der Waals surface area contributed by atoms with Crippen molar-refractivity contribution >= 4 is 22.5 Å². The maximum atomic E-state index is 4.26. The van der Waals surface area contributed by atoms with Crippen molar-refractivity contribution in [1.29, 1.82) is 0 Å². The van der Waals surface area contributed by atoms with E-state index in [0.29, 0.717) is 17.8 Å². The molecule has 0 bridgehead atoms. The third-order valence-electron chi connectivity index (χ3n) is 15.4. The molecule has 10 rings (SSSR count). The zero-order valence-corrected chi connectivity index (χ0v) is 43.9. The van der Waals surface area contributed by atoms with E-state index in [0.717, 1.165) is 61.8 Å². The van der Waals surface area contributed by atoms with Gasteiger partial charge >= 0.3 is 0 Å². The molecule has 1 nitrogen and oxygen atoms in total. The van der Waals surface area contributed by atoms with Crippen molar-refractivity contribution in [2.75, 3.05) is 4.90 Å². The fourth-order valence-corrected chi connectivity index (χ4v) is 11.2. The van der Waals surface area contributed by atoms with Gasteiger partial charge in [-0.15, -0.1) is 0 Å². The summed E-state index contributed by atoms with van der Waals surface area (Å²) in [7, 11) is 0. The van der Waals surface area contributed by atoms with E-state index in [1.807, 2.05) is 6.08 Å². The van der Waals surface area contributed by atoms with Crippen LogP contribution in [0.1, 0.15) is 111 Å². The van der Waals surface area contributed by atoms with Crippen LogP contribution in [0.3, 0.4) is 0 Å². The topological polar surface area (TPSA) is 3.24 Å². The zero-order valence-electron chi connectivity index (χ0n) is 43.9. The van der Waals surface area contributed by atoms with Gasteiger partial charge in [0.05, 0.1) is 0 Å². The molecular formula is C74H71N. The molecule has 0 saturated heterocycles. The van der Waals surface area contributed by atoms with Crippen molar-refractivity contribution in [3.63, 3.8) is 0 Å². The first-order valence-electron chi connectivity index (χ1n) is 27.5. The highest BCUT2D eigenvalue weighted by atomic mass is 15.1. The minimum atomic E-state index is 0.206. The first kappa shape index (κ1) is 50.5. The van der Waals surface area contributed by atoms with Crippen LogP contribution >= 0.6 is 0 Å². The van der Waals surface area contributed by atoms with E-state index < -0.39 is 0 Å². The third kappa shape index (κ3) is 12.5. The largest absolute Gasteiger partial charge is 0.311 e. The van der Waals surface area contributed by atoms with Crippen LogP contribution < -0.4 is 4.90 Å². The summed E-state index contributed by atoms with van der Waals surface area (Å²) in [6, 6.07) is 56.3. The Balaban J connectivity index is 0.963. The number of nitrogens with zero attached hydrogens (tertiary/aromatic N) is 1. The molecule has 75 heavy (non-hydrogen) atoms. The molecule has 0 saturated carbocycles. The Bertz CT molecular complexity index is 3280. The first-order valence-corrected chi connectivity index (χ1v) is 27.5. The highest BCUT2D eigenvalue weighted by Gasteiger charge is 2.25. The average Bonchev–Trinajstić information content (AvgIpc) is 3.48. The second-order valence-electron chi connectivity index (χ2n) is 20.5. The standard InChI is InChI=1S/C74H71N/c1-4-6-7-12-22-56-34-37-65(38-35-56)74(55(3)33-36-57(5-2)67-31-21-32-68(51-67)59-25-15-9-16-26-59)66-41-39-62(40-42-66)64-45-49-72(50-46-64)75(71-47-43-63(44-48-71)58-23-13-8-14-24-58)73-53-69(60-27-17-10-18-28-60)52-70(54-73)61-29-19-11-20-30-61/h5,7-19,21,23-27,29,31-37,39-43,45-54,60,63,65,74H,2,4,6,20,22,28,30,38,44H2,1,3H3/b12-7-,55-33+,57-36+. The van der Waals surface area contributed by atoms with Crippen LogP contribution in [0.15, 0.2) is 284 Å². The van der Waals surface area contributed by atoms with Gasteiger partial charge in [-0.3, -0.25) is 0 Å². The molecular weight excluding hydrogens is 903 g/mol. The predicted octanol–water partition coefficient (Wildman–Crippen LogP) is 20.7. The van der Waals surface area contributed by atoms with Crippen LogP contribution in [0.5, 0.6) is 0 Å². The lowest BCUT2D eigenvalue weighted by Crippen LogP contribution is -2.18. The van der Waals surface area contributed by atoms with Crippen LogP contribution in [0, 0.1) is 5.92 Å². The summed E-state index contributed by atoms with van der Waals surface area (Å²) >= 11 is 0. The van der Waals surface area contributed by atoms with Crippen LogP contribution in [-0.2, 0) is 0 Å². The van der Waals surface area contributed by atoms with E-state index in [1.54, 1.807) is 0 Å². The van der Waals surface area contributed by atoms with Gasteiger partial charge in [0.15, 0.2) is 0 Å². The van der Waals surface area contributed by atoms with Crippen molar-refractivity contribution < 1.29 is 0 Å². The van der Waals surface area contributed by atoms with Crippen molar-refractivity contribution in [1.82, 2.24) is 0 Å². The van der Waals surface area contributed by atoms with Crippen LogP contribution in [0.2, 0.25) is 0 Å². The maximum Gasteiger partial charge on any atom is 0.0470 e. The van der Waals surface area contributed by atoms with E-state index in [1.165, 1.54) is 79.0 Å². The van der Waals surface area contributed by atoms with E-state index in [9.17, 15) is 0 Å². The monoisotopic (exact) mass is 974 g/mol. The SMILES string of the molecule is C=C/C(=C\C=C(/C)C(c1ccc(-c2ccc(N(C3=CCC(c4ccccc4)C=C3)c3cc(C4=CC=CCC4)cc(C4C=CC=CC4)c3)cc2)cc1)C1C=CC(C/C=C\CCC)=CC1)c1cccc(-c2ccccc2)c1. The third-order valence-corrected chi connectivity index (χ3v) is 15.4. The van der Waals surface area contributed by atoms with Crippen LogP contribution in [0.4, 0.5) is 11.4 Å². The van der Waals surface area contributed by atoms with Crippen molar-refractivity contribution in [3.8, 4) is 22.3 Å². The molecule has 0 fully saturated rings. The molecule has 0 N–H and O–H groups in total. The predicted molar refractivity (Wildman–Crippen MR) is 324 cm³/mol. The van der Waals surface area contributed by atoms with E-state index >= 15 is 0 Å². The van der Waals surface area contributed by atoms with Gasteiger partial charge in [0.25, 0.3) is 0 Å². The Kier molecular flexibility index (Phi) is 16.7. The number of unbranched alkanes of at least 4 members (excludes halogenated alkanes) is 1. The first-order chi connectivity index (χ1) is 37.0. The van der Waals surface area contributed by atoms with Gasteiger partial charge in [-0.2, -0.15) is 0 Å². The lowest BCUT2D eigenvalue weighted by molar-refractivity contribution is 0.561. The summed E-state index contributed by atoms with van der Waals surface area (Å²) < 4.78 is 0. The Hall–Kier alpha value is -8.00. The molecule has 0 amide bonds. The van der Waals surface area contributed by atoms with Crippen molar-refractivity contribution in [2.24, 2.45) is 5.92 Å².